The molecule has 3 aromatic carbocycles. The van der Waals surface area contributed by atoms with E-state index >= 15 is 0 Å². The highest BCUT2D eigenvalue weighted by molar-refractivity contribution is 6.99. The van der Waals surface area contributed by atoms with Gasteiger partial charge < -0.3 is 18.7 Å². The molecule has 0 heterocycles. The molecule has 0 aliphatic carbocycles. The lowest BCUT2D eigenvalue weighted by molar-refractivity contribution is -0.158. The Hall–Kier alpha value is -2.72. The van der Waals surface area contributed by atoms with Gasteiger partial charge in [-0.1, -0.05) is 121 Å². The topological polar surface area (TPSA) is 65.0 Å². The number of esters is 1. The maximum absolute atomic E-state index is 12.8. The first-order valence-electron chi connectivity index (χ1n) is 15.0. The van der Waals surface area contributed by atoms with Crippen molar-refractivity contribution in [3.63, 3.8) is 0 Å². The van der Waals surface area contributed by atoms with Crippen molar-refractivity contribution in [3.05, 3.63) is 90.5 Å². The molecule has 0 aliphatic rings. The molecule has 0 saturated heterocycles. The average molecular weight is 607 g/mol. The monoisotopic (exact) mass is 606 g/mol. The molecule has 0 aromatic heterocycles. The van der Waals surface area contributed by atoms with Crippen molar-refractivity contribution >= 4 is 33.0 Å². The minimum Gasteiger partial charge on any atom is -0.544 e. The molecule has 1 N–H and O–H groups in total. The molecule has 0 saturated carbocycles. The molecule has 0 radical (unpaired) electrons. The first-order valence-corrected chi connectivity index (χ1v) is 19.8. The third-order valence-electron chi connectivity index (χ3n) is 8.61. The number of carbonyl (C=O) groups excluding carboxylic acids is 1. The highest BCUT2D eigenvalue weighted by Gasteiger charge is 2.53. The van der Waals surface area contributed by atoms with Crippen LogP contribution in [0, 0.1) is 5.92 Å². The summed E-state index contributed by atoms with van der Waals surface area (Å²) < 4.78 is 19.3. The summed E-state index contributed by atoms with van der Waals surface area (Å²) in [6.07, 6.45) is -1.95. The summed E-state index contributed by atoms with van der Waals surface area (Å²) in [4.78, 5) is 12.8. The van der Waals surface area contributed by atoms with Crippen LogP contribution in [0.15, 0.2) is 84.9 Å². The highest BCUT2D eigenvalue weighted by atomic mass is 28.4. The summed E-state index contributed by atoms with van der Waals surface area (Å²) in [5.41, 5.74) is 0.876. The van der Waals surface area contributed by atoms with Gasteiger partial charge in [0.15, 0.2) is 6.10 Å². The Morgan fingerprint density at radius 1 is 0.786 bits per heavy atom. The van der Waals surface area contributed by atoms with Crippen molar-refractivity contribution in [1.29, 1.82) is 0 Å². The number of rotatable bonds is 11. The lowest BCUT2D eigenvalue weighted by atomic mass is 9.92. The Kier molecular flexibility index (Phi) is 10.7. The minimum absolute atomic E-state index is 0.0683. The minimum atomic E-state index is -3.02. The second-order valence-electron chi connectivity index (χ2n) is 13.7. The van der Waals surface area contributed by atoms with E-state index in [-0.39, 0.29) is 16.7 Å². The zero-order chi connectivity index (χ0) is 31.3. The molecule has 42 heavy (non-hydrogen) atoms. The molecule has 0 amide bonds. The third-order valence-corrected chi connectivity index (χ3v) is 18.0. The fraction of sp³-hybridized carbons (Fsp3) is 0.457. The molecule has 0 bridgehead atoms. The number of ether oxygens (including phenoxy) is 1. The standard InChI is InChI=1S/C35H50O5Si2/c1-11-38-33(37)31(36)26(2)32(27-22-24-28(25-23-27)39-41(9,10)34(3,4)5)40-42(35(6,7)8,29-18-14-12-15-19-29)30-20-16-13-17-21-30/h12-26,31-32,36H,11H2,1-10H3/t26-,31-,32-/m0/s1. The van der Waals surface area contributed by atoms with Crippen molar-refractivity contribution < 1.29 is 23.5 Å². The summed E-state index contributed by atoms with van der Waals surface area (Å²) in [7, 11) is -5.05. The fourth-order valence-corrected chi connectivity index (χ4v) is 10.9. The fourth-order valence-electron chi connectivity index (χ4n) is 5.14. The van der Waals surface area contributed by atoms with E-state index in [4.69, 9.17) is 13.6 Å². The molecule has 5 nitrogen and oxygen atoms in total. The molecule has 0 aliphatic heterocycles. The zero-order valence-electron chi connectivity index (χ0n) is 27.1. The summed E-state index contributed by atoms with van der Waals surface area (Å²) >= 11 is 0. The van der Waals surface area contributed by atoms with Crippen LogP contribution in [0.25, 0.3) is 0 Å². The normalized spacial score (nSPS) is 15.0. The second kappa shape index (κ2) is 13.3. The van der Waals surface area contributed by atoms with E-state index in [1.54, 1.807) is 6.92 Å². The van der Waals surface area contributed by atoms with Crippen molar-refractivity contribution in [2.45, 2.75) is 90.8 Å². The summed E-state index contributed by atoms with van der Waals surface area (Å²) in [6, 6.07) is 28.8. The van der Waals surface area contributed by atoms with Crippen LogP contribution in [0.3, 0.4) is 0 Å². The predicted molar refractivity (Wildman–Crippen MR) is 178 cm³/mol. The van der Waals surface area contributed by atoms with Crippen LogP contribution in [0.1, 0.15) is 67.1 Å². The van der Waals surface area contributed by atoms with E-state index in [9.17, 15) is 9.90 Å². The van der Waals surface area contributed by atoms with Crippen LogP contribution >= 0.6 is 0 Å². The Morgan fingerprint density at radius 3 is 1.67 bits per heavy atom. The van der Waals surface area contributed by atoms with E-state index in [0.717, 1.165) is 21.7 Å². The molecular formula is C35H50O5Si2. The number of aliphatic hydroxyl groups excluding tert-OH is 1. The SMILES string of the molecule is CCOC(=O)[C@@H](O)[C@H](C)[C@H](O[Si](c1ccccc1)(c1ccccc1)C(C)(C)C)c1ccc(O[Si](C)(C)C(C)(C)C)cc1. The van der Waals surface area contributed by atoms with Gasteiger partial charge in [-0.2, -0.15) is 0 Å². The van der Waals surface area contributed by atoms with Crippen LogP contribution in [-0.2, 0) is 14.0 Å². The molecule has 228 valence electrons. The van der Waals surface area contributed by atoms with Crippen molar-refractivity contribution in [1.82, 2.24) is 0 Å². The van der Waals surface area contributed by atoms with Crippen molar-refractivity contribution in [2.75, 3.05) is 6.61 Å². The number of benzene rings is 3. The van der Waals surface area contributed by atoms with Gasteiger partial charge in [0, 0.05) is 5.92 Å². The molecule has 3 atom stereocenters. The van der Waals surface area contributed by atoms with E-state index < -0.39 is 40.7 Å². The second-order valence-corrected chi connectivity index (χ2v) is 22.7. The van der Waals surface area contributed by atoms with Crippen LogP contribution in [-0.4, -0.2) is 40.4 Å². The quantitative estimate of drug-likeness (QED) is 0.184. The van der Waals surface area contributed by atoms with Gasteiger partial charge in [-0.15, -0.1) is 0 Å². The average Bonchev–Trinajstić information content (AvgIpc) is 2.93. The van der Waals surface area contributed by atoms with E-state index in [0.29, 0.717) is 0 Å². The molecule has 0 fully saturated rings. The number of hydrogen-bond donors (Lipinski definition) is 1. The molecule has 0 unspecified atom stereocenters. The molecular weight excluding hydrogens is 557 g/mol. The van der Waals surface area contributed by atoms with Gasteiger partial charge in [0.25, 0.3) is 8.32 Å². The largest absolute Gasteiger partial charge is 0.544 e. The third kappa shape index (κ3) is 7.25. The Morgan fingerprint density at radius 2 is 1.26 bits per heavy atom. The lowest BCUT2D eigenvalue weighted by Crippen LogP contribution is -2.67. The van der Waals surface area contributed by atoms with Crippen LogP contribution in [0.4, 0.5) is 0 Å². The molecule has 3 aromatic rings. The zero-order valence-corrected chi connectivity index (χ0v) is 29.1. The maximum atomic E-state index is 12.8. The Bertz CT molecular complexity index is 1240. The van der Waals surface area contributed by atoms with Crippen LogP contribution in [0.2, 0.25) is 23.2 Å². The van der Waals surface area contributed by atoms with Crippen molar-refractivity contribution in [2.24, 2.45) is 5.92 Å². The first-order chi connectivity index (χ1) is 19.5. The van der Waals surface area contributed by atoms with Gasteiger partial charge >= 0.3 is 5.97 Å². The Labute approximate surface area is 255 Å². The van der Waals surface area contributed by atoms with Gasteiger partial charge in [0.2, 0.25) is 8.32 Å². The Balaban J connectivity index is 2.19. The van der Waals surface area contributed by atoms with Crippen LogP contribution < -0.4 is 14.8 Å². The number of hydrogen-bond acceptors (Lipinski definition) is 5. The number of carbonyl (C=O) groups is 1. The molecule has 0 spiro atoms. The number of aliphatic hydroxyl groups is 1. The highest BCUT2D eigenvalue weighted by Crippen LogP contribution is 2.43. The van der Waals surface area contributed by atoms with Gasteiger partial charge in [-0.25, -0.2) is 4.79 Å². The summed E-state index contributed by atoms with van der Waals surface area (Å²) in [5, 5.41) is 13.3. The van der Waals surface area contributed by atoms with Gasteiger partial charge in [-0.05, 0) is 58.2 Å². The molecule has 7 heteroatoms. The van der Waals surface area contributed by atoms with E-state index in [2.05, 4.69) is 78.9 Å². The van der Waals surface area contributed by atoms with E-state index in [1.807, 2.05) is 67.6 Å². The van der Waals surface area contributed by atoms with E-state index in [1.165, 1.54) is 0 Å². The van der Waals surface area contributed by atoms with Gasteiger partial charge in [0.1, 0.15) is 5.75 Å². The van der Waals surface area contributed by atoms with Gasteiger partial charge in [-0.3, -0.25) is 0 Å². The smallest absolute Gasteiger partial charge is 0.335 e. The maximum Gasteiger partial charge on any atom is 0.335 e. The first kappa shape index (κ1) is 33.8. The summed E-state index contributed by atoms with van der Waals surface area (Å²) in [5.74, 6) is -0.412. The predicted octanol–water partition coefficient (Wildman–Crippen LogP) is 7.25. The summed E-state index contributed by atoms with van der Waals surface area (Å²) in [6.45, 7) is 21.6. The van der Waals surface area contributed by atoms with Crippen LogP contribution in [0.5, 0.6) is 5.75 Å². The molecule has 3 rings (SSSR count). The van der Waals surface area contributed by atoms with Crippen molar-refractivity contribution in [3.8, 4) is 5.75 Å². The van der Waals surface area contributed by atoms with Gasteiger partial charge in [0.05, 0.1) is 12.7 Å². The lowest BCUT2D eigenvalue weighted by Gasteiger charge is -2.46.